The molecule has 1 aliphatic heterocycles. The summed E-state index contributed by atoms with van der Waals surface area (Å²) in [7, 11) is 1.49. The first-order chi connectivity index (χ1) is 13.5. The molecule has 3 rings (SSSR count). The van der Waals surface area contributed by atoms with E-state index in [2.05, 4.69) is 15.1 Å². The van der Waals surface area contributed by atoms with Crippen LogP contribution in [0.4, 0.5) is 15.1 Å². The van der Waals surface area contributed by atoms with Crippen LogP contribution in [0.1, 0.15) is 5.56 Å². The van der Waals surface area contributed by atoms with Crippen molar-refractivity contribution < 1.29 is 18.8 Å². The van der Waals surface area contributed by atoms with Crippen molar-refractivity contribution >= 4 is 23.7 Å². The van der Waals surface area contributed by atoms with Crippen LogP contribution in [0.3, 0.4) is 0 Å². The van der Waals surface area contributed by atoms with E-state index in [1.807, 2.05) is 10.2 Å². The molecule has 1 aromatic heterocycles. The van der Waals surface area contributed by atoms with Gasteiger partial charge in [-0.1, -0.05) is 23.4 Å². The van der Waals surface area contributed by atoms with Crippen LogP contribution in [-0.2, 0) is 16.2 Å². The van der Waals surface area contributed by atoms with Crippen molar-refractivity contribution in [2.75, 3.05) is 25.1 Å². The average molecular weight is 387 g/mol. The number of rotatable bonds is 5. The summed E-state index contributed by atoms with van der Waals surface area (Å²) in [6.45, 7) is 0.848. The zero-order valence-electron chi connectivity index (χ0n) is 15.0. The molecule has 0 bridgehead atoms. The Bertz CT molecular complexity index is 909. The fraction of sp³-hybridized carbons (Fsp3) is 0.235. The molecule has 1 aliphatic rings. The number of aromatic nitrogens is 2. The summed E-state index contributed by atoms with van der Waals surface area (Å²) in [5.74, 6) is -0.591. The van der Waals surface area contributed by atoms with Crippen LogP contribution in [0.2, 0.25) is 0 Å². The minimum atomic E-state index is -0.934. The van der Waals surface area contributed by atoms with E-state index in [-0.39, 0.29) is 17.7 Å². The van der Waals surface area contributed by atoms with Gasteiger partial charge in [-0.15, -0.1) is 0 Å². The fourth-order valence-corrected chi connectivity index (χ4v) is 2.55. The van der Waals surface area contributed by atoms with E-state index in [0.717, 1.165) is 5.71 Å². The number of nitrogens with two attached hydrogens (primary N) is 1. The first kappa shape index (κ1) is 19.0. The van der Waals surface area contributed by atoms with Crippen molar-refractivity contribution in [3.63, 3.8) is 0 Å². The van der Waals surface area contributed by atoms with Crippen LogP contribution in [0, 0.1) is 11.2 Å². The van der Waals surface area contributed by atoms with E-state index in [1.54, 1.807) is 12.1 Å². The van der Waals surface area contributed by atoms with Gasteiger partial charge in [0.15, 0.2) is 5.96 Å². The van der Waals surface area contributed by atoms with Crippen molar-refractivity contribution in [2.45, 2.75) is 6.61 Å². The molecule has 11 heteroatoms. The van der Waals surface area contributed by atoms with Crippen LogP contribution in [0.25, 0.3) is 11.1 Å². The van der Waals surface area contributed by atoms with Crippen LogP contribution in [-0.4, -0.2) is 47.9 Å². The first-order valence-corrected chi connectivity index (χ1v) is 8.19. The summed E-state index contributed by atoms with van der Waals surface area (Å²) in [6, 6.07) is 4.71. The van der Waals surface area contributed by atoms with Crippen molar-refractivity contribution in [1.29, 1.82) is 5.41 Å². The highest BCUT2D eigenvalue weighted by atomic mass is 19.1. The van der Waals surface area contributed by atoms with Gasteiger partial charge in [0.05, 0.1) is 18.8 Å². The van der Waals surface area contributed by atoms with Gasteiger partial charge in [-0.05, 0) is 0 Å². The number of oxime groups is 1. The average Bonchev–Trinajstić information content (AvgIpc) is 2.63. The quantitative estimate of drug-likeness (QED) is 0.398. The minimum absolute atomic E-state index is 0.170. The van der Waals surface area contributed by atoms with Gasteiger partial charge in [0.2, 0.25) is 5.95 Å². The third-order valence-corrected chi connectivity index (χ3v) is 3.87. The number of carbonyl (C=O) groups is 1. The summed E-state index contributed by atoms with van der Waals surface area (Å²) in [4.78, 5) is 26.5. The third kappa shape index (κ3) is 4.31. The molecule has 0 radical (unpaired) electrons. The topological polar surface area (TPSA) is 139 Å². The van der Waals surface area contributed by atoms with Crippen LogP contribution in [0.5, 0.6) is 0 Å². The summed E-state index contributed by atoms with van der Waals surface area (Å²) < 4.78 is 19.6. The number of amides is 1. The smallest absolute Gasteiger partial charge is 0.414 e. The monoisotopic (exact) mass is 387 g/mol. The van der Waals surface area contributed by atoms with E-state index in [9.17, 15) is 9.18 Å². The molecule has 10 nitrogen and oxygen atoms in total. The number of ether oxygens (including phenoxy) is 1. The molecule has 0 aliphatic carbocycles. The van der Waals surface area contributed by atoms with Gasteiger partial charge >= 0.3 is 6.09 Å². The Morgan fingerprint density at radius 2 is 2.11 bits per heavy atom. The van der Waals surface area contributed by atoms with Gasteiger partial charge in [-0.25, -0.2) is 19.2 Å². The number of nitrogens with zero attached hydrogens (tertiary/aromatic N) is 4. The van der Waals surface area contributed by atoms with Crippen LogP contribution >= 0.6 is 0 Å². The SMILES string of the molecule is CON=C1CN(c2ncc(-c3cccc(COC(=O)NC(=N)N)c3F)cn2)C1. The molecular weight excluding hydrogens is 369 g/mol. The number of nitrogens with one attached hydrogen (secondary N) is 2. The van der Waals surface area contributed by atoms with Gasteiger partial charge in [-0.3, -0.25) is 10.7 Å². The Hall–Kier alpha value is -3.76. The number of hydrogen-bond acceptors (Lipinski definition) is 8. The molecule has 28 heavy (non-hydrogen) atoms. The molecule has 0 saturated carbocycles. The van der Waals surface area contributed by atoms with Crippen molar-refractivity contribution in [3.05, 3.63) is 42.0 Å². The van der Waals surface area contributed by atoms with Gasteiger partial charge in [-0.2, -0.15) is 0 Å². The standard InChI is InChI=1S/C17H18FN7O3/c1-27-24-12-7-25(8-12)16-21-5-11(6-22-16)13-4-2-3-10(14(13)18)9-28-17(26)23-15(19)20/h2-6H,7-9H2,1H3,(H4,19,20,23,26). The maximum absolute atomic E-state index is 14.8. The molecule has 146 valence electrons. The van der Waals surface area contributed by atoms with E-state index < -0.39 is 17.9 Å². The Kier molecular flexibility index (Phi) is 5.63. The zero-order chi connectivity index (χ0) is 20.1. The van der Waals surface area contributed by atoms with E-state index >= 15 is 0 Å². The molecule has 0 spiro atoms. The number of carbonyl (C=O) groups excluding carboxylic acids is 1. The minimum Gasteiger partial charge on any atom is -0.444 e. The molecule has 2 aromatic rings. The highest BCUT2D eigenvalue weighted by Gasteiger charge is 2.25. The third-order valence-electron chi connectivity index (χ3n) is 3.87. The Morgan fingerprint density at radius 3 is 2.75 bits per heavy atom. The van der Waals surface area contributed by atoms with Crippen molar-refractivity contribution in [3.8, 4) is 11.1 Å². The van der Waals surface area contributed by atoms with Crippen LogP contribution < -0.4 is 16.0 Å². The summed E-state index contributed by atoms with van der Waals surface area (Å²) in [6.07, 6.45) is 2.12. The largest absolute Gasteiger partial charge is 0.444 e. The number of benzene rings is 1. The van der Waals surface area contributed by atoms with Crippen LogP contribution in [0.15, 0.2) is 35.7 Å². The predicted octanol–water partition coefficient (Wildman–Crippen LogP) is 1.22. The lowest BCUT2D eigenvalue weighted by Gasteiger charge is -2.31. The molecular formula is C17H18FN7O3. The second-order valence-corrected chi connectivity index (χ2v) is 5.86. The lowest BCUT2D eigenvalue weighted by molar-refractivity contribution is 0.143. The molecule has 1 fully saturated rings. The lowest BCUT2D eigenvalue weighted by atomic mass is 10.1. The number of hydrogen-bond donors (Lipinski definition) is 3. The maximum Gasteiger partial charge on any atom is 0.414 e. The lowest BCUT2D eigenvalue weighted by Crippen LogP contribution is -2.48. The summed E-state index contributed by atoms with van der Waals surface area (Å²) in [5.41, 5.74) is 6.86. The highest BCUT2D eigenvalue weighted by molar-refractivity contribution is 5.98. The number of anilines is 1. The second kappa shape index (κ2) is 8.29. The molecule has 0 unspecified atom stereocenters. The number of halogens is 1. The van der Waals surface area contributed by atoms with Gasteiger partial charge in [0.25, 0.3) is 0 Å². The van der Waals surface area contributed by atoms with E-state index in [4.69, 9.17) is 20.7 Å². The molecule has 1 saturated heterocycles. The molecule has 4 N–H and O–H groups in total. The van der Waals surface area contributed by atoms with Crippen molar-refractivity contribution in [2.24, 2.45) is 10.9 Å². The Balaban J connectivity index is 1.69. The summed E-state index contributed by atoms with van der Waals surface area (Å²) in [5, 5.41) is 12.8. The van der Waals surface area contributed by atoms with Gasteiger partial charge in [0, 0.05) is 29.1 Å². The predicted molar refractivity (Wildman–Crippen MR) is 99.3 cm³/mol. The Labute approximate surface area is 159 Å². The molecule has 1 amide bonds. The normalized spacial score (nSPS) is 12.8. The molecule has 1 aromatic carbocycles. The molecule has 0 atom stereocenters. The van der Waals surface area contributed by atoms with Gasteiger partial charge < -0.3 is 20.2 Å². The number of guanidine groups is 1. The maximum atomic E-state index is 14.8. The second-order valence-electron chi connectivity index (χ2n) is 5.86. The number of alkyl carbamates (subject to hydrolysis) is 1. The van der Waals surface area contributed by atoms with E-state index in [1.165, 1.54) is 25.6 Å². The fourth-order valence-electron chi connectivity index (χ4n) is 2.55. The first-order valence-electron chi connectivity index (χ1n) is 8.19. The molecule has 2 heterocycles. The summed E-state index contributed by atoms with van der Waals surface area (Å²) >= 11 is 0. The zero-order valence-corrected chi connectivity index (χ0v) is 15.0. The Morgan fingerprint density at radius 1 is 1.39 bits per heavy atom. The van der Waals surface area contributed by atoms with Gasteiger partial charge in [0.1, 0.15) is 19.5 Å². The van der Waals surface area contributed by atoms with Crippen molar-refractivity contribution in [1.82, 2.24) is 15.3 Å². The van der Waals surface area contributed by atoms with E-state index in [0.29, 0.717) is 24.6 Å². The highest BCUT2D eigenvalue weighted by Crippen LogP contribution is 2.25.